The maximum Gasteiger partial charge on any atom is 0.165 e. The molecule has 108 valence electrons. The third-order valence-electron chi connectivity index (χ3n) is 2.97. The van der Waals surface area contributed by atoms with Crippen molar-refractivity contribution in [3.63, 3.8) is 0 Å². The van der Waals surface area contributed by atoms with Crippen LogP contribution in [0.25, 0.3) is 0 Å². The van der Waals surface area contributed by atoms with Crippen LogP contribution in [-0.4, -0.2) is 7.11 Å². The normalized spacial score (nSPS) is 10.0. The third kappa shape index (κ3) is 3.69. The number of hydrogen-bond donors (Lipinski definition) is 0. The van der Waals surface area contributed by atoms with Gasteiger partial charge in [-0.3, -0.25) is 0 Å². The van der Waals surface area contributed by atoms with Gasteiger partial charge >= 0.3 is 0 Å². The molecule has 5 heteroatoms. The monoisotopic (exact) mass is 365 g/mol. The van der Waals surface area contributed by atoms with Crippen molar-refractivity contribution in [3.8, 4) is 17.6 Å². The molecule has 3 nitrogen and oxygen atoms in total. The predicted molar refractivity (Wildman–Crippen MR) is 86.1 cm³/mol. The molecular formula is C16H13BrClNO2. The lowest BCUT2D eigenvalue weighted by molar-refractivity contribution is 0.282. The zero-order chi connectivity index (χ0) is 15.2. The lowest BCUT2D eigenvalue weighted by Gasteiger charge is -2.15. The van der Waals surface area contributed by atoms with Crippen LogP contribution in [0.4, 0.5) is 0 Å². The molecule has 0 saturated heterocycles. The Labute approximate surface area is 137 Å². The van der Waals surface area contributed by atoms with Gasteiger partial charge in [0, 0.05) is 27.5 Å². The Morgan fingerprint density at radius 2 is 2.00 bits per heavy atom. The highest BCUT2D eigenvalue weighted by Gasteiger charge is 2.13. The number of nitriles is 1. The fraction of sp³-hybridized carbons (Fsp3) is 0.188. The largest absolute Gasteiger partial charge is 0.493 e. The molecular weight excluding hydrogens is 354 g/mol. The van der Waals surface area contributed by atoms with E-state index in [9.17, 15) is 0 Å². The summed E-state index contributed by atoms with van der Waals surface area (Å²) in [5.74, 6) is 1.21. The van der Waals surface area contributed by atoms with E-state index < -0.39 is 0 Å². The van der Waals surface area contributed by atoms with Crippen LogP contribution in [0.5, 0.6) is 11.5 Å². The number of nitrogens with zero attached hydrogens (tertiary/aromatic N) is 1. The quantitative estimate of drug-likeness (QED) is 0.721. The van der Waals surface area contributed by atoms with Crippen molar-refractivity contribution in [1.29, 1.82) is 5.26 Å². The molecule has 0 aliphatic heterocycles. The summed E-state index contributed by atoms with van der Waals surface area (Å²) < 4.78 is 11.2. The van der Waals surface area contributed by atoms with Crippen molar-refractivity contribution in [3.05, 3.63) is 58.1 Å². The molecule has 0 aliphatic rings. The highest BCUT2D eigenvalue weighted by atomic mass is 79.9. The van der Waals surface area contributed by atoms with Crippen LogP contribution < -0.4 is 9.47 Å². The van der Waals surface area contributed by atoms with Crippen molar-refractivity contribution in [1.82, 2.24) is 0 Å². The first kappa shape index (κ1) is 15.7. The average Bonchev–Trinajstić information content (AvgIpc) is 2.52. The number of halogens is 2. The summed E-state index contributed by atoms with van der Waals surface area (Å²) >= 11 is 9.46. The van der Waals surface area contributed by atoms with Crippen molar-refractivity contribution < 1.29 is 9.47 Å². The van der Waals surface area contributed by atoms with E-state index in [4.69, 9.17) is 26.3 Å². The molecule has 0 aromatic heterocycles. The zero-order valence-corrected chi connectivity index (χ0v) is 13.7. The smallest absolute Gasteiger partial charge is 0.165 e. The molecule has 0 fully saturated rings. The fourth-order valence-corrected chi connectivity index (χ4v) is 2.59. The topological polar surface area (TPSA) is 42.2 Å². The Morgan fingerprint density at radius 3 is 2.67 bits per heavy atom. The number of methoxy groups -OCH3 is 1. The van der Waals surface area contributed by atoms with E-state index in [1.54, 1.807) is 19.2 Å². The minimum absolute atomic E-state index is 0.293. The summed E-state index contributed by atoms with van der Waals surface area (Å²) in [6, 6.07) is 13.0. The van der Waals surface area contributed by atoms with E-state index in [-0.39, 0.29) is 0 Å². The first-order chi connectivity index (χ1) is 10.2. The van der Waals surface area contributed by atoms with Crippen molar-refractivity contribution in [2.24, 2.45) is 0 Å². The van der Waals surface area contributed by atoms with Crippen LogP contribution in [0.1, 0.15) is 16.7 Å². The number of benzene rings is 2. The maximum atomic E-state index is 9.10. The van der Waals surface area contributed by atoms with Gasteiger partial charge in [-0.25, -0.2) is 0 Å². The molecule has 0 spiro atoms. The second kappa shape index (κ2) is 7.35. The summed E-state index contributed by atoms with van der Waals surface area (Å²) in [5, 5.41) is 10.3. The molecule has 2 aromatic rings. The van der Waals surface area contributed by atoms with Gasteiger partial charge < -0.3 is 9.47 Å². The van der Waals surface area contributed by atoms with E-state index in [0.717, 1.165) is 11.1 Å². The number of rotatable bonds is 5. The van der Waals surface area contributed by atoms with Gasteiger partial charge in [-0.1, -0.05) is 45.7 Å². The minimum Gasteiger partial charge on any atom is -0.493 e. The SMILES string of the molecule is COc1cc(Cl)cc(CBr)c1OCc1ccccc1C#N. The first-order valence-corrected chi connectivity index (χ1v) is 7.72. The zero-order valence-electron chi connectivity index (χ0n) is 11.4. The fourth-order valence-electron chi connectivity index (χ4n) is 1.94. The molecule has 0 radical (unpaired) electrons. The Balaban J connectivity index is 2.30. The third-order valence-corrected chi connectivity index (χ3v) is 3.79. The molecule has 2 aromatic carbocycles. The van der Waals surface area contributed by atoms with Gasteiger partial charge in [-0.2, -0.15) is 5.26 Å². The molecule has 0 aliphatic carbocycles. The first-order valence-electron chi connectivity index (χ1n) is 6.22. The summed E-state index contributed by atoms with van der Waals surface area (Å²) in [6.07, 6.45) is 0. The van der Waals surface area contributed by atoms with Gasteiger partial charge in [0.1, 0.15) is 6.61 Å². The van der Waals surface area contributed by atoms with Crippen LogP contribution in [0, 0.1) is 11.3 Å². The Hall–Kier alpha value is -1.70. The van der Waals surface area contributed by atoms with Crippen LogP contribution in [-0.2, 0) is 11.9 Å². The molecule has 0 unspecified atom stereocenters. The molecule has 0 saturated carbocycles. The van der Waals surface area contributed by atoms with Gasteiger partial charge in [0.15, 0.2) is 11.5 Å². The van der Waals surface area contributed by atoms with Crippen LogP contribution in [0.15, 0.2) is 36.4 Å². The summed E-state index contributed by atoms with van der Waals surface area (Å²) in [4.78, 5) is 0. The maximum absolute atomic E-state index is 9.10. The highest BCUT2D eigenvalue weighted by Crippen LogP contribution is 2.36. The van der Waals surface area contributed by atoms with E-state index in [2.05, 4.69) is 22.0 Å². The Kier molecular flexibility index (Phi) is 5.49. The molecule has 0 N–H and O–H groups in total. The van der Waals surface area contributed by atoms with E-state index >= 15 is 0 Å². The summed E-state index contributed by atoms with van der Waals surface area (Å²) in [5.41, 5.74) is 2.33. The Bertz CT molecular complexity index is 657. The summed E-state index contributed by atoms with van der Waals surface area (Å²) in [6.45, 7) is 0.293. The number of alkyl halides is 1. The minimum atomic E-state index is 0.293. The van der Waals surface area contributed by atoms with Crippen molar-refractivity contribution in [2.75, 3.05) is 7.11 Å². The lowest BCUT2D eigenvalue weighted by atomic mass is 10.1. The second-order valence-electron chi connectivity index (χ2n) is 4.29. The predicted octanol–water partition coefficient (Wildman–Crippen LogP) is 4.69. The highest BCUT2D eigenvalue weighted by molar-refractivity contribution is 9.08. The molecule has 21 heavy (non-hydrogen) atoms. The van der Waals surface area contributed by atoms with Crippen LogP contribution in [0.3, 0.4) is 0 Å². The van der Waals surface area contributed by atoms with Gasteiger partial charge in [0.05, 0.1) is 18.7 Å². The lowest BCUT2D eigenvalue weighted by Crippen LogP contribution is -2.02. The number of hydrogen-bond acceptors (Lipinski definition) is 3. The second-order valence-corrected chi connectivity index (χ2v) is 5.28. The van der Waals surface area contributed by atoms with Gasteiger partial charge in [-0.05, 0) is 12.1 Å². The molecule has 0 heterocycles. The summed E-state index contributed by atoms with van der Waals surface area (Å²) in [7, 11) is 1.57. The molecule has 2 rings (SSSR count). The standard InChI is InChI=1S/C16H13BrClNO2/c1-20-15-7-14(18)6-13(8-17)16(15)21-10-12-5-3-2-4-11(12)9-19/h2-7H,8,10H2,1H3. The van der Waals surface area contributed by atoms with Crippen molar-refractivity contribution >= 4 is 27.5 Å². The Morgan fingerprint density at radius 1 is 1.24 bits per heavy atom. The average molecular weight is 367 g/mol. The number of ether oxygens (including phenoxy) is 2. The molecule has 0 amide bonds. The van der Waals surface area contributed by atoms with Crippen molar-refractivity contribution in [2.45, 2.75) is 11.9 Å². The van der Waals surface area contributed by atoms with Gasteiger partial charge in [0.25, 0.3) is 0 Å². The van der Waals surface area contributed by atoms with E-state index in [1.165, 1.54) is 0 Å². The van der Waals surface area contributed by atoms with Gasteiger partial charge in [-0.15, -0.1) is 0 Å². The van der Waals surface area contributed by atoms with Crippen LogP contribution in [0.2, 0.25) is 5.02 Å². The van der Waals surface area contributed by atoms with Gasteiger partial charge in [0.2, 0.25) is 0 Å². The van der Waals surface area contributed by atoms with Crippen LogP contribution >= 0.6 is 27.5 Å². The molecule has 0 bridgehead atoms. The van der Waals surface area contributed by atoms with E-state index in [0.29, 0.717) is 34.0 Å². The molecule has 0 atom stereocenters. The van der Waals surface area contributed by atoms with E-state index in [1.807, 2.05) is 24.3 Å².